The fraction of sp³-hybridized carbons (Fsp3) is 0.304. The van der Waals surface area contributed by atoms with Gasteiger partial charge in [0.15, 0.2) is 23.0 Å². The Balaban J connectivity index is 1.48. The van der Waals surface area contributed by atoms with Crippen LogP contribution in [0.1, 0.15) is 78.4 Å². The monoisotopic (exact) mass is 734 g/mol. The molecule has 3 aromatic carbocycles. The Morgan fingerprint density at radius 2 is 0.907 bits per heavy atom. The number of allylic oxidation sites excluding steroid dienone is 6. The lowest BCUT2D eigenvalue weighted by Crippen LogP contribution is -2.05. The highest BCUT2D eigenvalue weighted by Gasteiger charge is 2.08. The summed E-state index contributed by atoms with van der Waals surface area (Å²) in [6, 6.07) is 17.1. The van der Waals surface area contributed by atoms with Crippen molar-refractivity contribution in [3.05, 3.63) is 131 Å². The first-order chi connectivity index (χ1) is 25.9. The van der Waals surface area contributed by atoms with Crippen LogP contribution in [0.3, 0.4) is 0 Å². The number of benzene rings is 3. The number of hydrogen-bond acceptors (Lipinski definition) is 8. The third-order valence-electron chi connectivity index (χ3n) is 7.98. The second kappa shape index (κ2) is 23.0. The van der Waals surface area contributed by atoms with E-state index in [1.807, 2.05) is 24.3 Å². The van der Waals surface area contributed by atoms with E-state index in [0.717, 1.165) is 36.8 Å². The fourth-order valence-electron chi connectivity index (χ4n) is 4.95. The molecular weight excluding hydrogens is 680 g/mol. The van der Waals surface area contributed by atoms with Crippen molar-refractivity contribution in [1.82, 2.24) is 0 Å². The van der Waals surface area contributed by atoms with Crippen LogP contribution < -0.4 is 28.4 Å². The van der Waals surface area contributed by atoms with E-state index < -0.39 is 11.9 Å². The summed E-state index contributed by atoms with van der Waals surface area (Å²) in [6.07, 6.45) is 18.5. The van der Waals surface area contributed by atoms with Gasteiger partial charge in [0.2, 0.25) is 0 Å². The van der Waals surface area contributed by atoms with Gasteiger partial charge in [-0.1, -0.05) is 46.6 Å². The highest BCUT2D eigenvalue weighted by Crippen LogP contribution is 2.30. The number of rotatable bonds is 20. The zero-order valence-corrected chi connectivity index (χ0v) is 32.9. The molecule has 3 aromatic rings. The molecule has 0 aliphatic heterocycles. The maximum atomic E-state index is 12.5. The fourth-order valence-corrected chi connectivity index (χ4v) is 4.95. The SMILES string of the molecule is COc1cc(/C=C/C(=O)Oc2ccc(OC(=O)/C=C/c3ccc(OC/C=C(\C)CCC=C(C)C)c(OC)c3)cc2)ccc1OC/C=C(\C)CCC=C(C)C. The lowest BCUT2D eigenvalue weighted by atomic mass is 10.1. The second-order valence-electron chi connectivity index (χ2n) is 13.2. The van der Waals surface area contributed by atoms with Crippen LogP contribution in [0.5, 0.6) is 34.5 Å². The molecule has 0 bridgehead atoms. The van der Waals surface area contributed by atoms with Gasteiger partial charge in [-0.05, 0) is 151 Å². The van der Waals surface area contributed by atoms with Gasteiger partial charge in [0.25, 0.3) is 0 Å². The predicted octanol–water partition coefficient (Wildman–Crippen LogP) is 11.1. The van der Waals surface area contributed by atoms with E-state index in [4.69, 9.17) is 28.4 Å². The van der Waals surface area contributed by atoms with E-state index in [0.29, 0.717) is 47.7 Å². The molecule has 0 saturated carbocycles. The molecule has 0 spiro atoms. The third kappa shape index (κ3) is 16.3. The first kappa shape index (κ1) is 42.7. The Morgan fingerprint density at radius 3 is 1.26 bits per heavy atom. The van der Waals surface area contributed by atoms with E-state index in [-0.39, 0.29) is 0 Å². The Bertz CT molecular complexity index is 1730. The summed E-state index contributed by atoms with van der Waals surface area (Å²) >= 11 is 0. The minimum Gasteiger partial charge on any atom is -0.493 e. The molecule has 0 amide bonds. The molecule has 0 heterocycles. The Kier molecular flexibility index (Phi) is 18.2. The summed E-state index contributed by atoms with van der Waals surface area (Å²) in [6.45, 7) is 13.5. The van der Waals surface area contributed by atoms with E-state index in [1.54, 1.807) is 62.8 Å². The lowest BCUT2D eigenvalue weighted by Gasteiger charge is -2.10. The Labute approximate surface area is 321 Å². The maximum Gasteiger partial charge on any atom is 0.336 e. The zero-order valence-electron chi connectivity index (χ0n) is 32.9. The van der Waals surface area contributed by atoms with Gasteiger partial charge in [-0.2, -0.15) is 0 Å². The molecule has 0 unspecified atom stereocenters. The highest BCUT2D eigenvalue weighted by atomic mass is 16.5. The van der Waals surface area contributed by atoms with E-state index in [9.17, 15) is 9.59 Å². The van der Waals surface area contributed by atoms with Crippen molar-refractivity contribution in [3.8, 4) is 34.5 Å². The van der Waals surface area contributed by atoms with Crippen molar-refractivity contribution >= 4 is 24.1 Å². The van der Waals surface area contributed by atoms with Crippen molar-refractivity contribution in [2.75, 3.05) is 27.4 Å². The third-order valence-corrected chi connectivity index (χ3v) is 7.98. The average Bonchev–Trinajstić information content (AvgIpc) is 3.14. The van der Waals surface area contributed by atoms with Crippen LogP contribution in [0.15, 0.2) is 119 Å². The molecule has 0 saturated heterocycles. The van der Waals surface area contributed by atoms with Crippen molar-refractivity contribution in [2.45, 2.75) is 67.2 Å². The van der Waals surface area contributed by atoms with Gasteiger partial charge >= 0.3 is 11.9 Å². The molecule has 3 rings (SSSR count). The molecule has 8 nitrogen and oxygen atoms in total. The van der Waals surface area contributed by atoms with Crippen LogP contribution in [-0.2, 0) is 9.59 Å². The van der Waals surface area contributed by atoms with Crippen LogP contribution in [0.4, 0.5) is 0 Å². The van der Waals surface area contributed by atoms with Gasteiger partial charge in [0, 0.05) is 12.2 Å². The van der Waals surface area contributed by atoms with E-state index >= 15 is 0 Å². The number of methoxy groups -OCH3 is 2. The standard InChI is InChI=1S/C46H54O8/c1-33(2)11-9-13-35(5)27-29-51-41-23-15-37(31-43(41)49-7)17-25-45(47)53-39-19-21-40(22-20-39)54-46(48)26-18-38-16-24-42(44(32-38)50-8)52-30-28-36(6)14-10-12-34(3)4/h11-12,15-28,31-32H,9-10,13-14,29-30H2,1-8H3/b25-17+,26-18+,35-27+,36-28+. The molecule has 8 heteroatoms. The largest absolute Gasteiger partial charge is 0.493 e. The number of esters is 2. The van der Waals surface area contributed by atoms with Crippen LogP contribution in [-0.4, -0.2) is 39.4 Å². The van der Waals surface area contributed by atoms with Crippen molar-refractivity contribution in [2.24, 2.45) is 0 Å². The molecule has 286 valence electrons. The predicted molar refractivity (Wildman–Crippen MR) is 218 cm³/mol. The topological polar surface area (TPSA) is 89.5 Å². The van der Waals surface area contributed by atoms with Crippen LogP contribution in [0, 0.1) is 0 Å². The van der Waals surface area contributed by atoms with Gasteiger partial charge in [-0.25, -0.2) is 9.59 Å². The van der Waals surface area contributed by atoms with E-state index in [1.165, 1.54) is 34.4 Å². The Hall–Kier alpha value is -5.76. The quantitative estimate of drug-likeness (QED) is 0.0490. The van der Waals surface area contributed by atoms with Gasteiger partial charge < -0.3 is 28.4 Å². The minimum atomic E-state index is -0.566. The van der Waals surface area contributed by atoms with Gasteiger partial charge in [-0.3, -0.25) is 0 Å². The summed E-state index contributed by atoms with van der Waals surface area (Å²) in [4.78, 5) is 25.0. The molecule has 0 aromatic heterocycles. The summed E-state index contributed by atoms with van der Waals surface area (Å²) in [7, 11) is 3.15. The molecule has 0 aliphatic carbocycles. The first-order valence-corrected chi connectivity index (χ1v) is 18.0. The molecule has 0 atom stereocenters. The van der Waals surface area contributed by atoms with Gasteiger partial charge in [0.05, 0.1) is 14.2 Å². The van der Waals surface area contributed by atoms with Crippen molar-refractivity contribution < 1.29 is 38.0 Å². The summed E-state index contributed by atoms with van der Waals surface area (Å²) < 4.78 is 33.7. The zero-order chi connectivity index (χ0) is 39.3. The van der Waals surface area contributed by atoms with Crippen LogP contribution >= 0.6 is 0 Å². The van der Waals surface area contributed by atoms with Crippen LogP contribution in [0.2, 0.25) is 0 Å². The summed E-state index contributed by atoms with van der Waals surface area (Å²) in [5.41, 5.74) is 6.65. The molecule has 54 heavy (non-hydrogen) atoms. The van der Waals surface area contributed by atoms with Gasteiger partial charge in [-0.15, -0.1) is 0 Å². The number of carbonyl (C=O) groups excluding carboxylic acids is 2. The lowest BCUT2D eigenvalue weighted by molar-refractivity contribution is -0.130. The number of carbonyl (C=O) groups is 2. The summed E-state index contributed by atoms with van der Waals surface area (Å²) in [5.74, 6) is 1.81. The van der Waals surface area contributed by atoms with Crippen molar-refractivity contribution in [1.29, 1.82) is 0 Å². The van der Waals surface area contributed by atoms with Crippen LogP contribution in [0.25, 0.3) is 12.2 Å². The second-order valence-corrected chi connectivity index (χ2v) is 13.2. The molecule has 0 fully saturated rings. The first-order valence-electron chi connectivity index (χ1n) is 18.0. The van der Waals surface area contributed by atoms with Crippen molar-refractivity contribution in [3.63, 3.8) is 0 Å². The minimum absolute atomic E-state index is 0.300. The highest BCUT2D eigenvalue weighted by molar-refractivity contribution is 5.89. The molecule has 0 radical (unpaired) electrons. The Morgan fingerprint density at radius 1 is 0.519 bits per heavy atom. The smallest absolute Gasteiger partial charge is 0.336 e. The number of ether oxygens (including phenoxy) is 6. The maximum absolute atomic E-state index is 12.5. The van der Waals surface area contributed by atoms with Gasteiger partial charge in [0.1, 0.15) is 24.7 Å². The summed E-state index contributed by atoms with van der Waals surface area (Å²) in [5, 5.41) is 0. The molecule has 0 N–H and O–H groups in total. The molecule has 0 aliphatic rings. The molecular formula is C46H54O8. The van der Waals surface area contributed by atoms with E-state index in [2.05, 4.69) is 65.8 Å². The average molecular weight is 735 g/mol. The normalized spacial score (nSPS) is 11.6. The number of hydrogen-bond donors (Lipinski definition) is 0.